The molecule has 3 nitrogen and oxygen atoms in total. The summed E-state index contributed by atoms with van der Waals surface area (Å²) in [5.74, 6) is 0.129. The molecule has 1 aromatic carbocycles. The fourth-order valence-corrected chi connectivity index (χ4v) is 3.34. The van der Waals surface area contributed by atoms with Gasteiger partial charge in [-0.15, -0.1) is 0 Å². The molecule has 0 saturated heterocycles. The van der Waals surface area contributed by atoms with E-state index in [2.05, 4.69) is 11.7 Å². The quantitative estimate of drug-likeness (QED) is 0.229. The largest absolute Gasteiger partial charge is 0.457 e. The summed E-state index contributed by atoms with van der Waals surface area (Å²) in [5, 5.41) is 0. The van der Waals surface area contributed by atoms with Gasteiger partial charge in [-0.05, 0) is 55.9 Å². The molecule has 0 aromatic heterocycles. The predicted octanol–water partition coefficient (Wildman–Crippen LogP) is 6.22. The molecule has 27 heavy (non-hydrogen) atoms. The molecule has 1 fully saturated rings. The van der Waals surface area contributed by atoms with E-state index in [1.165, 1.54) is 37.8 Å². The van der Waals surface area contributed by atoms with Crippen LogP contribution in [0.4, 0.5) is 17.6 Å². The molecule has 1 aliphatic carbocycles. The van der Waals surface area contributed by atoms with E-state index in [1.807, 2.05) is 0 Å². The second-order valence-electron chi connectivity index (χ2n) is 7.08. The molecule has 0 radical (unpaired) electrons. The minimum Gasteiger partial charge on any atom is -0.452 e. The van der Waals surface area contributed by atoms with Crippen molar-refractivity contribution in [2.45, 2.75) is 70.8 Å². The van der Waals surface area contributed by atoms with E-state index in [0.29, 0.717) is 5.92 Å². The first-order chi connectivity index (χ1) is 12.8. The number of halogens is 4. The maximum atomic E-state index is 12.8. The van der Waals surface area contributed by atoms with Crippen LogP contribution in [0.5, 0.6) is 11.5 Å². The summed E-state index contributed by atoms with van der Waals surface area (Å²) < 4.78 is 58.7. The average Bonchev–Trinajstić information content (AvgIpc) is 2.63. The number of ether oxygens (including phenoxy) is 2. The Kier molecular flexibility index (Phi) is 7.92. The lowest BCUT2D eigenvalue weighted by Gasteiger charge is -2.27. The third kappa shape index (κ3) is 7.03. The lowest BCUT2D eigenvalue weighted by Crippen LogP contribution is -2.29. The van der Waals surface area contributed by atoms with Gasteiger partial charge in [0.2, 0.25) is 0 Å². The summed E-state index contributed by atoms with van der Waals surface area (Å²) in [6, 6.07) is 4.89. The minimum atomic E-state index is -5.08. The number of hydrogen-bond acceptors (Lipinski definition) is 3. The van der Waals surface area contributed by atoms with Gasteiger partial charge >= 0.3 is 18.5 Å². The SMILES string of the molecule is CCCCC[C@H]1CC[C@H](C(=O)Oc2ccc(OC(F)C(F)(F)F)cc2)CC1. The number of benzene rings is 1. The molecule has 2 rings (SSSR count). The van der Waals surface area contributed by atoms with Crippen LogP contribution in [-0.2, 0) is 4.79 Å². The Morgan fingerprint density at radius 2 is 1.67 bits per heavy atom. The van der Waals surface area contributed by atoms with Crippen molar-refractivity contribution in [3.63, 3.8) is 0 Å². The molecule has 0 bridgehead atoms. The molecule has 0 amide bonds. The van der Waals surface area contributed by atoms with Crippen LogP contribution in [0.1, 0.15) is 58.3 Å². The highest BCUT2D eigenvalue weighted by atomic mass is 19.4. The molecule has 152 valence electrons. The van der Waals surface area contributed by atoms with Gasteiger partial charge in [0, 0.05) is 0 Å². The fraction of sp³-hybridized carbons (Fsp3) is 0.650. The smallest absolute Gasteiger partial charge is 0.452 e. The van der Waals surface area contributed by atoms with Gasteiger partial charge in [-0.3, -0.25) is 4.79 Å². The average molecular weight is 390 g/mol. The first kappa shape index (κ1) is 21.5. The highest BCUT2D eigenvalue weighted by molar-refractivity contribution is 5.75. The Hall–Kier alpha value is -1.79. The van der Waals surface area contributed by atoms with Crippen LogP contribution in [0, 0.1) is 11.8 Å². The fourth-order valence-electron chi connectivity index (χ4n) is 3.34. The monoisotopic (exact) mass is 390 g/mol. The zero-order valence-electron chi connectivity index (χ0n) is 15.4. The molecule has 0 N–H and O–H groups in total. The van der Waals surface area contributed by atoms with Gasteiger partial charge in [0.05, 0.1) is 5.92 Å². The van der Waals surface area contributed by atoms with Crippen LogP contribution in [0.25, 0.3) is 0 Å². The number of alkyl halides is 4. The van der Waals surface area contributed by atoms with Crippen molar-refractivity contribution in [2.24, 2.45) is 11.8 Å². The maximum Gasteiger partial charge on any atom is 0.457 e. The van der Waals surface area contributed by atoms with E-state index in [9.17, 15) is 22.4 Å². The van der Waals surface area contributed by atoms with Crippen LogP contribution in [0.3, 0.4) is 0 Å². The molecular weight excluding hydrogens is 364 g/mol. The van der Waals surface area contributed by atoms with Crippen LogP contribution in [-0.4, -0.2) is 18.5 Å². The Morgan fingerprint density at radius 1 is 1.07 bits per heavy atom. The topological polar surface area (TPSA) is 35.5 Å². The van der Waals surface area contributed by atoms with Crippen molar-refractivity contribution in [2.75, 3.05) is 0 Å². The molecule has 7 heteroatoms. The molecule has 0 aliphatic heterocycles. The Morgan fingerprint density at radius 3 is 2.22 bits per heavy atom. The summed E-state index contributed by atoms with van der Waals surface area (Å²) in [6.45, 7) is 2.18. The standard InChI is InChI=1S/C20H26F4O3/c1-2-3-4-5-14-6-8-15(9-7-14)18(25)26-16-10-12-17(13-11-16)27-19(21)20(22,23)24/h10-15,19H,2-9H2,1H3/t14-,15-,19?. The van der Waals surface area contributed by atoms with Gasteiger partial charge in [0.15, 0.2) is 0 Å². The van der Waals surface area contributed by atoms with Gasteiger partial charge in [0.1, 0.15) is 11.5 Å². The minimum absolute atomic E-state index is 0.149. The maximum absolute atomic E-state index is 12.8. The third-order valence-corrected chi connectivity index (χ3v) is 4.94. The lowest BCUT2D eigenvalue weighted by molar-refractivity contribution is -0.236. The summed E-state index contributed by atoms with van der Waals surface area (Å²) in [7, 11) is 0. The lowest BCUT2D eigenvalue weighted by atomic mass is 9.80. The van der Waals surface area contributed by atoms with Crippen molar-refractivity contribution in [3.8, 4) is 11.5 Å². The Labute approximate surface area is 157 Å². The zero-order chi connectivity index (χ0) is 19.9. The zero-order valence-corrected chi connectivity index (χ0v) is 15.4. The van der Waals surface area contributed by atoms with E-state index < -0.39 is 12.5 Å². The second kappa shape index (κ2) is 9.95. The third-order valence-electron chi connectivity index (χ3n) is 4.94. The molecule has 1 unspecified atom stereocenters. The number of esters is 1. The van der Waals surface area contributed by atoms with Gasteiger partial charge in [-0.2, -0.15) is 17.6 Å². The van der Waals surface area contributed by atoms with E-state index in [4.69, 9.17) is 4.74 Å². The second-order valence-corrected chi connectivity index (χ2v) is 7.08. The summed E-state index contributed by atoms with van der Waals surface area (Å²) in [4.78, 5) is 12.3. The van der Waals surface area contributed by atoms with Crippen LogP contribution in [0.2, 0.25) is 0 Å². The molecular formula is C20H26F4O3. The molecule has 1 atom stereocenters. The van der Waals surface area contributed by atoms with E-state index >= 15 is 0 Å². The highest BCUT2D eigenvalue weighted by Gasteiger charge is 2.42. The summed E-state index contributed by atoms with van der Waals surface area (Å²) in [6.07, 6.45) is 0.0545. The van der Waals surface area contributed by atoms with E-state index in [-0.39, 0.29) is 23.4 Å². The summed E-state index contributed by atoms with van der Waals surface area (Å²) >= 11 is 0. The van der Waals surface area contributed by atoms with Crippen molar-refractivity contribution >= 4 is 5.97 Å². The van der Waals surface area contributed by atoms with Crippen molar-refractivity contribution in [1.29, 1.82) is 0 Å². The van der Waals surface area contributed by atoms with Gasteiger partial charge in [-0.25, -0.2) is 0 Å². The van der Waals surface area contributed by atoms with Crippen molar-refractivity contribution in [3.05, 3.63) is 24.3 Å². The molecule has 1 aromatic rings. The van der Waals surface area contributed by atoms with Gasteiger partial charge in [-0.1, -0.05) is 32.6 Å². The number of rotatable bonds is 8. The highest BCUT2D eigenvalue weighted by Crippen LogP contribution is 2.33. The number of hydrogen-bond donors (Lipinski definition) is 0. The van der Waals surface area contributed by atoms with E-state index in [0.717, 1.165) is 37.8 Å². The Bertz CT molecular complexity index is 578. The number of carbonyl (C=O) groups is 1. The Balaban J connectivity index is 1.78. The van der Waals surface area contributed by atoms with Crippen molar-refractivity contribution in [1.82, 2.24) is 0 Å². The number of carbonyl (C=O) groups excluding carboxylic acids is 1. The molecule has 0 spiro atoms. The molecule has 1 saturated carbocycles. The predicted molar refractivity (Wildman–Crippen MR) is 93.2 cm³/mol. The van der Waals surface area contributed by atoms with Crippen LogP contribution in [0.15, 0.2) is 24.3 Å². The first-order valence-electron chi connectivity index (χ1n) is 9.48. The normalized spacial score (nSPS) is 21.5. The van der Waals surface area contributed by atoms with Crippen LogP contribution >= 0.6 is 0 Å². The van der Waals surface area contributed by atoms with E-state index in [1.54, 1.807) is 0 Å². The van der Waals surface area contributed by atoms with Gasteiger partial charge < -0.3 is 9.47 Å². The molecule has 1 aliphatic rings. The van der Waals surface area contributed by atoms with Crippen LogP contribution < -0.4 is 9.47 Å². The van der Waals surface area contributed by atoms with Crippen molar-refractivity contribution < 1.29 is 31.8 Å². The van der Waals surface area contributed by atoms with Gasteiger partial charge in [0.25, 0.3) is 0 Å². The molecule has 0 heterocycles. The number of unbranched alkanes of at least 4 members (excludes halogenated alkanes) is 2. The summed E-state index contributed by atoms with van der Waals surface area (Å²) in [5.41, 5.74) is 0. The first-order valence-corrected chi connectivity index (χ1v) is 9.48.